The van der Waals surface area contributed by atoms with E-state index in [4.69, 9.17) is 10.5 Å². The lowest BCUT2D eigenvalue weighted by atomic mass is 9.84. The van der Waals surface area contributed by atoms with Crippen molar-refractivity contribution in [3.8, 4) is 5.75 Å². The van der Waals surface area contributed by atoms with Crippen LogP contribution in [0.5, 0.6) is 5.75 Å². The first-order valence-electron chi connectivity index (χ1n) is 6.66. The Morgan fingerprint density at radius 1 is 1.14 bits per heavy atom. The van der Waals surface area contributed by atoms with Gasteiger partial charge >= 0.3 is 0 Å². The molecule has 0 saturated carbocycles. The van der Waals surface area contributed by atoms with E-state index in [1.165, 1.54) is 6.07 Å². The fraction of sp³-hybridized carbons (Fsp3) is 0.118. The van der Waals surface area contributed by atoms with Crippen LogP contribution in [0.1, 0.15) is 17.0 Å². The van der Waals surface area contributed by atoms with Crippen LogP contribution in [0, 0.1) is 5.82 Å². The van der Waals surface area contributed by atoms with Gasteiger partial charge in [-0.15, -0.1) is 0 Å². The van der Waals surface area contributed by atoms with Crippen molar-refractivity contribution in [1.82, 2.24) is 0 Å². The van der Waals surface area contributed by atoms with E-state index in [-0.39, 0.29) is 6.54 Å². The Morgan fingerprint density at radius 2 is 1.86 bits per heavy atom. The summed E-state index contributed by atoms with van der Waals surface area (Å²) in [6, 6.07) is 13.6. The number of ether oxygens (including phenoxy) is 1. The zero-order chi connectivity index (χ0) is 14.8. The Kier molecular flexibility index (Phi) is 3.54. The van der Waals surface area contributed by atoms with Crippen molar-refractivity contribution >= 4 is 11.9 Å². The number of fused-ring (bicyclic) bond motifs is 1. The van der Waals surface area contributed by atoms with Crippen LogP contribution in [0.2, 0.25) is 0 Å². The number of carbonyl (C=O) groups is 1. The largest absolute Gasteiger partial charge is 0.460 e. The standard InChI is InChI=1S/C17H14FNO2/c18-14-7-3-1-6-12(14)17-13(10-20)11-5-2-4-8-15(11)21-16(17)9-19/h1-8,10,13H,9,19H2. The second-order valence-electron chi connectivity index (χ2n) is 4.77. The summed E-state index contributed by atoms with van der Waals surface area (Å²) in [4.78, 5) is 11.6. The number of aldehydes is 1. The second-order valence-corrected chi connectivity index (χ2v) is 4.77. The third kappa shape index (κ3) is 2.23. The predicted molar refractivity (Wildman–Crippen MR) is 78.2 cm³/mol. The predicted octanol–water partition coefficient (Wildman–Crippen LogP) is 2.87. The number of allylic oxidation sites excluding steroid dienone is 1. The summed E-state index contributed by atoms with van der Waals surface area (Å²) < 4.78 is 19.9. The van der Waals surface area contributed by atoms with Crippen LogP contribution in [0.3, 0.4) is 0 Å². The van der Waals surface area contributed by atoms with E-state index in [9.17, 15) is 9.18 Å². The summed E-state index contributed by atoms with van der Waals surface area (Å²) in [5, 5.41) is 0. The number of hydrogen-bond donors (Lipinski definition) is 1. The van der Waals surface area contributed by atoms with E-state index in [1.807, 2.05) is 18.2 Å². The smallest absolute Gasteiger partial charge is 0.132 e. The summed E-state index contributed by atoms with van der Waals surface area (Å²) in [5.74, 6) is 0.0460. The Hall–Kier alpha value is -2.46. The molecular weight excluding hydrogens is 269 g/mol. The summed E-state index contributed by atoms with van der Waals surface area (Å²) in [6.45, 7) is 0.0995. The van der Waals surface area contributed by atoms with Crippen LogP contribution < -0.4 is 10.5 Å². The molecule has 0 aliphatic carbocycles. The maximum atomic E-state index is 14.1. The van der Waals surface area contributed by atoms with Crippen LogP contribution in [-0.2, 0) is 4.79 Å². The Balaban J connectivity index is 2.23. The molecule has 2 aromatic carbocycles. The number of nitrogens with two attached hydrogens (primary N) is 1. The molecule has 1 unspecified atom stereocenters. The van der Waals surface area contributed by atoms with Gasteiger partial charge in [-0.2, -0.15) is 0 Å². The lowest BCUT2D eigenvalue weighted by Crippen LogP contribution is -2.21. The molecule has 0 saturated heterocycles. The highest BCUT2D eigenvalue weighted by Gasteiger charge is 2.30. The van der Waals surface area contributed by atoms with Crippen molar-refractivity contribution in [1.29, 1.82) is 0 Å². The molecule has 3 rings (SSSR count). The number of hydrogen-bond acceptors (Lipinski definition) is 3. The van der Waals surface area contributed by atoms with Crippen molar-refractivity contribution in [3.63, 3.8) is 0 Å². The van der Waals surface area contributed by atoms with Gasteiger partial charge in [-0.3, -0.25) is 0 Å². The maximum absolute atomic E-state index is 14.1. The average molecular weight is 283 g/mol. The average Bonchev–Trinajstić information content (AvgIpc) is 2.53. The molecule has 21 heavy (non-hydrogen) atoms. The minimum Gasteiger partial charge on any atom is -0.460 e. The van der Waals surface area contributed by atoms with E-state index >= 15 is 0 Å². The third-order valence-corrected chi connectivity index (χ3v) is 3.58. The topological polar surface area (TPSA) is 52.3 Å². The third-order valence-electron chi connectivity index (χ3n) is 3.58. The molecule has 2 N–H and O–H groups in total. The lowest BCUT2D eigenvalue weighted by Gasteiger charge is -2.27. The number of para-hydroxylation sites is 1. The molecule has 106 valence electrons. The zero-order valence-electron chi connectivity index (χ0n) is 11.3. The minimum atomic E-state index is -0.578. The van der Waals surface area contributed by atoms with Crippen LogP contribution >= 0.6 is 0 Å². The normalized spacial score (nSPS) is 17.1. The molecule has 4 heteroatoms. The van der Waals surface area contributed by atoms with Crippen LogP contribution in [0.4, 0.5) is 4.39 Å². The van der Waals surface area contributed by atoms with Gasteiger partial charge in [0, 0.05) is 16.7 Å². The van der Waals surface area contributed by atoms with Gasteiger partial charge in [-0.05, 0) is 12.1 Å². The summed E-state index contributed by atoms with van der Waals surface area (Å²) in [5.41, 5.74) is 7.31. The van der Waals surface area contributed by atoms with Crippen LogP contribution in [-0.4, -0.2) is 12.8 Å². The number of halogens is 1. The molecular formula is C17H14FNO2. The molecule has 0 spiro atoms. The highest BCUT2D eigenvalue weighted by molar-refractivity contribution is 5.90. The van der Waals surface area contributed by atoms with Gasteiger partial charge < -0.3 is 15.3 Å². The van der Waals surface area contributed by atoms with Crippen LogP contribution in [0.15, 0.2) is 54.3 Å². The minimum absolute atomic E-state index is 0.0995. The molecule has 1 aliphatic rings. The Morgan fingerprint density at radius 3 is 2.57 bits per heavy atom. The van der Waals surface area contributed by atoms with Crippen molar-refractivity contribution in [3.05, 3.63) is 71.2 Å². The van der Waals surface area contributed by atoms with Gasteiger partial charge in [0.25, 0.3) is 0 Å². The molecule has 2 aromatic rings. The van der Waals surface area contributed by atoms with Gasteiger partial charge in [-0.25, -0.2) is 4.39 Å². The first-order valence-corrected chi connectivity index (χ1v) is 6.66. The highest BCUT2D eigenvalue weighted by Crippen LogP contribution is 2.42. The first kappa shape index (κ1) is 13.5. The van der Waals surface area contributed by atoms with Gasteiger partial charge in [0.15, 0.2) is 0 Å². The Bertz CT molecular complexity index is 724. The lowest BCUT2D eigenvalue weighted by molar-refractivity contribution is -0.108. The zero-order valence-corrected chi connectivity index (χ0v) is 11.3. The van der Waals surface area contributed by atoms with E-state index in [2.05, 4.69) is 0 Å². The van der Waals surface area contributed by atoms with E-state index in [0.717, 1.165) is 11.8 Å². The molecule has 0 amide bonds. The molecule has 0 fully saturated rings. The molecule has 1 atom stereocenters. The van der Waals surface area contributed by atoms with Crippen molar-refractivity contribution < 1.29 is 13.9 Å². The molecule has 0 aromatic heterocycles. The van der Waals surface area contributed by atoms with Gasteiger partial charge in [0.2, 0.25) is 0 Å². The molecule has 1 aliphatic heterocycles. The molecule has 3 nitrogen and oxygen atoms in total. The van der Waals surface area contributed by atoms with Crippen LogP contribution in [0.25, 0.3) is 5.57 Å². The van der Waals surface area contributed by atoms with E-state index in [0.29, 0.717) is 22.6 Å². The Labute approximate surface area is 121 Å². The van der Waals surface area contributed by atoms with E-state index in [1.54, 1.807) is 24.3 Å². The molecule has 0 radical (unpaired) electrons. The SMILES string of the molecule is NCC1=C(c2ccccc2F)C(C=O)c2ccccc2O1. The molecule has 1 heterocycles. The fourth-order valence-electron chi connectivity index (χ4n) is 2.64. The number of carbonyl (C=O) groups excluding carboxylic acids is 1. The van der Waals surface area contributed by atoms with Crippen molar-refractivity contribution in [2.24, 2.45) is 5.73 Å². The first-order chi connectivity index (χ1) is 10.3. The number of benzene rings is 2. The number of rotatable bonds is 3. The summed E-state index contributed by atoms with van der Waals surface area (Å²) >= 11 is 0. The summed E-state index contributed by atoms with van der Waals surface area (Å²) in [7, 11) is 0. The van der Waals surface area contributed by atoms with E-state index < -0.39 is 11.7 Å². The maximum Gasteiger partial charge on any atom is 0.132 e. The highest BCUT2D eigenvalue weighted by atomic mass is 19.1. The fourth-order valence-corrected chi connectivity index (χ4v) is 2.64. The molecule has 0 bridgehead atoms. The van der Waals surface area contributed by atoms with Gasteiger partial charge in [0.05, 0.1) is 12.5 Å². The van der Waals surface area contributed by atoms with Crippen molar-refractivity contribution in [2.75, 3.05) is 6.54 Å². The monoisotopic (exact) mass is 283 g/mol. The quantitative estimate of drug-likeness (QED) is 0.881. The van der Waals surface area contributed by atoms with Gasteiger partial charge in [0.1, 0.15) is 23.6 Å². The summed E-state index contributed by atoms with van der Waals surface area (Å²) in [6.07, 6.45) is 0.804. The second kappa shape index (κ2) is 5.50. The van der Waals surface area contributed by atoms with Gasteiger partial charge in [-0.1, -0.05) is 36.4 Å². The van der Waals surface area contributed by atoms with Crippen molar-refractivity contribution in [2.45, 2.75) is 5.92 Å².